The third-order valence-corrected chi connectivity index (χ3v) is 5.03. The van der Waals surface area contributed by atoms with Crippen LogP contribution in [0, 0.1) is 18.6 Å². The number of benzene rings is 1. The van der Waals surface area contributed by atoms with Crippen molar-refractivity contribution in [2.75, 3.05) is 0 Å². The molecule has 1 atom stereocenters. The highest BCUT2D eigenvalue weighted by Gasteiger charge is 2.22. The summed E-state index contributed by atoms with van der Waals surface area (Å²) in [7, 11) is 0. The van der Waals surface area contributed by atoms with Gasteiger partial charge in [-0.15, -0.1) is 11.3 Å². The van der Waals surface area contributed by atoms with Crippen molar-refractivity contribution >= 4 is 11.3 Å². The molecule has 1 nitrogen and oxygen atoms in total. The van der Waals surface area contributed by atoms with Gasteiger partial charge in [-0.05, 0) is 43.4 Å². The number of thiophene rings is 1. The fourth-order valence-electron chi connectivity index (χ4n) is 2.56. The fraction of sp³-hybridized carbons (Fsp3) is 0.333. The average Bonchev–Trinajstić information content (AvgIpc) is 2.96. The van der Waals surface area contributed by atoms with Gasteiger partial charge in [0.15, 0.2) is 11.6 Å². The van der Waals surface area contributed by atoms with Crippen molar-refractivity contribution in [3.63, 3.8) is 0 Å². The standard InChI is InChI=1S/C15H15F2NS/c1-8-5-6-10(14(17)13(8)16)15(18)12-7-9-3-2-4-11(9)19-12/h5-7,15H,2-4,18H2,1H3. The Morgan fingerprint density at radius 1 is 1.21 bits per heavy atom. The molecule has 0 radical (unpaired) electrons. The van der Waals surface area contributed by atoms with Crippen LogP contribution in [-0.4, -0.2) is 0 Å². The third-order valence-electron chi connectivity index (χ3n) is 3.71. The topological polar surface area (TPSA) is 26.0 Å². The normalized spacial score (nSPS) is 15.6. The molecule has 0 saturated carbocycles. The molecule has 1 aromatic carbocycles. The molecule has 0 spiro atoms. The molecule has 1 heterocycles. The van der Waals surface area contributed by atoms with Gasteiger partial charge in [0.2, 0.25) is 0 Å². The van der Waals surface area contributed by atoms with Gasteiger partial charge in [-0.1, -0.05) is 12.1 Å². The maximum absolute atomic E-state index is 14.0. The number of hydrogen-bond acceptors (Lipinski definition) is 2. The maximum Gasteiger partial charge on any atom is 0.164 e. The molecule has 4 heteroatoms. The van der Waals surface area contributed by atoms with Gasteiger partial charge in [0, 0.05) is 15.3 Å². The zero-order valence-electron chi connectivity index (χ0n) is 10.7. The first-order valence-corrected chi connectivity index (χ1v) is 7.21. The molecule has 0 amide bonds. The lowest BCUT2D eigenvalue weighted by atomic mass is 10.0. The van der Waals surface area contributed by atoms with Crippen LogP contribution in [0.25, 0.3) is 0 Å². The lowest BCUT2D eigenvalue weighted by Crippen LogP contribution is -2.13. The zero-order chi connectivity index (χ0) is 13.6. The Labute approximate surface area is 115 Å². The summed E-state index contributed by atoms with van der Waals surface area (Å²) < 4.78 is 27.6. The number of fused-ring (bicyclic) bond motifs is 1. The molecular formula is C15H15F2NS. The Morgan fingerprint density at radius 2 is 2.00 bits per heavy atom. The summed E-state index contributed by atoms with van der Waals surface area (Å²) in [6.07, 6.45) is 3.34. The second-order valence-electron chi connectivity index (χ2n) is 5.03. The van der Waals surface area contributed by atoms with Crippen LogP contribution in [0.5, 0.6) is 0 Å². The van der Waals surface area contributed by atoms with Gasteiger partial charge in [-0.2, -0.15) is 0 Å². The van der Waals surface area contributed by atoms with Crippen LogP contribution in [0.1, 0.15) is 38.9 Å². The minimum Gasteiger partial charge on any atom is -0.320 e. The van der Waals surface area contributed by atoms with Gasteiger partial charge in [0.05, 0.1) is 6.04 Å². The Morgan fingerprint density at radius 3 is 2.74 bits per heavy atom. The van der Waals surface area contributed by atoms with Crippen LogP contribution < -0.4 is 5.73 Å². The molecule has 1 aliphatic carbocycles. The van der Waals surface area contributed by atoms with Gasteiger partial charge in [-0.25, -0.2) is 8.78 Å². The predicted molar refractivity (Wildman–Crippen MR) is 73.5 cm³/mol. The van der Waals surface area contributed by atoms with Crippen LogP contribution in [0.4, 0.5) is 8.78 Å². The highest BCUT2D eigenvalue weighted by Crippen LogP contribution is 2.36. The summed E-state index contributed by atoms with van der Waals surface area (Å²) in [6, 6.07) is 4.64. The molecule has 2 aromatic rings. The third kappa shape index (κ3) is 2.09. The largest absolute Gasteiger partial charge is 0.320 e. The van der Waals surface area contributed by atoms with Crippen molar-refractivity contribution in [3.8, 4) is 0 Å². The van der Waals surface area contributed by atoms with Crippen molar-refractivity contribution in [1.29, 1.82) is 0 Å². The van der Waals surface area contributed by atoms with Crippen LogP contribution in [-0.2, 0) is 12.8 Å². The summed E-state index contributed by atoms with van der Waals surface area (Å²) in [5, 5.41) is 0. The number of rotatable bonds is 2. The monoisotopic (exact) mass is 279 g/mol. The first-order valence-electron chi connectivity index (χ1n) is 6.39. The quantitative estimate of drug-likeness (QED) is 0.887. The average molecular weight is 279 g/mol. The Bertz CT molecular complexity index is 612. The van der Waals surface area contributed by atoms with Gasteiger partial charge in [0.1, 0.15) is 0 Å². The molecule has 100 valence electrons. The molecular weight excluding hydrogens is 264 g/mol. The molecule has 3 rings (SSSR count). The van der Waals surface area contributed by atoms with E-state index >= 15 is 0 Å². The van der Waals surface area contributed by atoms with Gasteiger partial charge in [-0.3, -0.25) is 0 Å². The van der Waals surface area contributed by atoms with E-state index in [9.17, 15) is 8.78 Å². The molecule has 0 saturated heterocycles. The van der Waals surface area contributed by atoms with Crippen molar-refractivity contribution in [3.05, 3.63) is 56.3 Å². The molecule has 2 N–H and O–H groups in total. The SMILES string of the molecule is Cc1ccc(C(N)c2cc3c(s2)CCC3)c(F)c1F. The van der Waals surface area contributed by atoms with E-state index in [0.717, 1.165) is 17.7 Å². The van der Waals surface area contributed by atoms with E-state index in [0.29, 0.717) is 5.56 Å². The lowest BCUT2D eigenvalue weighted by molar-refractivity contribution is 0.490. The van der Waals surface area contributed by atoms with Crippen LogP contribution >= 0.6 is 11.3 Å². The number of hydrogen-bond donors (Lipinski definition) is 1. The van der Waals surface area contributed by atoms with Crippen molar-refractivity contribution in [1.82, 2.24) is 0 Å². The predicted octanol–water partition coefficient (Wildman–Crippen LogP) is 3.87. The van der Waals surface area contributed by atoms with E-state index in [4.69, 9.17) is 5.73 Å². The molecule has 0 bridgehead atoms. The van der Waals surface area contributed by atoms with E-state index in [1.165, 1.54) is 16.9 Å². The lowest BCUT2D eigenvalue weighted by Gasteiger charge is -2.12. The van der Waals surface area contributed by atoms with E-state index in [1.54, 1.807) is 30.4 Å². The maximum atomic E-state index is 14.0. The number of nitrogens with two attached hydrogens (primary N) is 1. The molecule has 1 aromatic heterocycles. The second-order valence-corrected chi connectivity index (χ2v) is 6.20. The minimum absolute atomic E-state index is 0.239. The molecule has 1 aliphatic rings. The van der Waals surface area contributed by atoms with Gasteiger partial charge >= 0.3 is 0 Å². The second kappa shape index (κ2) is 4.69. The molecule has 1 unspecified atom stereocenters. The summed E-state index contributed by atoms with van der Waals surface area (Å²) >= 11 is 1.63. The van der Waals surface area contributed by atoms with Crippen molar-refractivity contribution < 1.29 is 8.78 Å². The summed E-state index contributed by atoms with van der Waals surface area (Å²) in [5.74, 6) is -1.61. The fourth-order valence-corrected chi connectivity index (χ4v) is 3.84. The van der Waals surface area contributed by atoms with Crippen molar-refractivity contribution in [2.45, 2.75) is 32.2 Å². The van der Waals surface area contributed by atoms with E-state index in [1.807, 2.05) is 0 Å². The Balaban J connectivity index is 1.99. The number of halogens is 2. The highest BCUT2D eigenvalue weighted by molar-refractivity contribution is 7.12. The Hall–Kier alpha value is -1.26. The van der Waals surface area contributed by atoms with Gasteiger partial charge in [0.25, 0.3) is 0 Å². The first-order chi connectivity index (χ1) is 9.08. The minimum atomic E-state index is -0.818. The Kier molecular flexibility index (Phi) is 3.15. The first kappa shape index (κ1) is 12.8. The molecule has 0 aliphatic heterocycles. The van der Waals surface area contributed by atoms with E-state index in [2.05, 4.69) is 6.07 Å². The van der Waals surface area contributed by atoms with Gasteiger partial charge < -0.3 is 5.73 Å². The summed E-state index contributed by atoms with van der Waals surface area (Å²) in [4.78, 5) is 2.27. The van der Waals surface area contributed by atoms with Crippen LogP contribution in [0.3, 0.4) is 0 Å². The van der Waals surface area contributed by atoms with E-state index < -0.39 is 17.7 Å². The molecule has 0 fully saturated rings. The molecule has 19 heavy (non-hydrogen) atoms. The van der Waals surface area contributed by atoms with Crippen LogP contribution in [0.2, 0.25) is 0 Å². The number of aryl methyl sites for hydroxylation is 3. The smallest absolute Gasteiger partial charge is 0.164 e. The summed E-state index contributed by atoms with van der Waals surface area (Å²) in [5.41, 5.74) is 7.97. The van der Waals surface area contributed by atoms with E-state index in [-0.39, 0.29) is 5.56 Å². The van der Waals surface area contributed by atoms with Crippen molar-refractivity contribution in [2.24, 2.45) is 5.73 Å². The zero-order valence-corrected chi connectivity index (χ0v) is 11.5. The highest BCUT2D eigenvalue weighted by atomic mass is 32.1. The summed E-state index contributed by atoms with van der Waals surface area (Å²) in [6.45, 7) is 1.55. The van der Waals surface area contributed by atoms with Crippen LogP contribution in [0.15, 0.2) is 18.2 Å².